The highest BCUT2D eigenvalue weighted by molar-refractivity contribution is 5.77. The van der Waals surface area contributed by atoms with Crippen molar-refractivity contribution in [3.8, 4) is 0 Å². The number of hydrogen-bond donors (Lipinski definition) is 1. The molecule has 2 bridgehead atoms. The molecule has 3 aliphatic heterocycles. The Balaban J connectivity index is 2.07. The second-order valence-electron chi connectivity index (χ2n) is 4.16. The lowest BCUT2D eigenvalue weighted by Gasteiger charge is -2.29. The van der Waals surface area contributed by atoms with Crippen molar-refractivity contribution in [1.82, 2.24) is 0 Å². The van der Waals surface area contributed by atoms with E-state index in [4.69, 9.17) is 15.2 Å². The molecule has 3 rings (SSSR count). The molecule has 3 saturated heterocycles. The van der Waals surface area contributed by atoms with Crippen LogP contribution in [-0.4, -0.2) is 29.8 Å². The highest BCUT2D eigenvalue weighted by Gasteiger charge is 2.67. The molecule has 66 valence electrons. The summed E-state index contributed by atoms with van der Waals surface area (Å²) in [5.41, 5.74) is 5.54. The van der Waals surface area contributed by atoms with E-state index in [0.29, 0.717) is 0 Å². The first-order chi connectivity index (χ1) is 5.60. The molecule has 0 saturated carbocycles. The zero-order chi connectivity index (χ0) is 8.51. The Morgan fingerprint density at radius 3 is 3.00 bits per heavy atom. The molecule has 0 radical (unpaired) electrons. The molecule has 0 aromatic heterocycles. The minimum absolute atomic E-state index is 0.0175. The van der Waals surface area contributed by atoms with Crippen LogP contribution in [0.5, 0.6) is 0 Å². The Bertz CT molecular complexity index is 263. The van der Waals surface area contributed by atoms with Gasteiger partial charge in [-0.2, -0.15) is 0 Å². The van der Waals surface area contributed by atoms with Gasteiger partial charge in [0, 0.05) is 0 Å². The molecule has 4 heteroatoms. The normalized spacial score (nSPS) is 61.0. The van der Waals surface area contributed by atoms with Gasteiger partial charge in [-0.05, 0) is 13.3 Å². The first kappa shape index (κ1) is 6.86. The van der Waals surface area contributed by atoms with Crippen molar-refractivity contribution < 1.29 is 14.3 Å². The van der Waals surface area contributed by atoms with E-state index in [-0.39, 0.29) is 30.2 Å². The molecule has 3 heterocycles. The standard InChI is InChI=1S/C8H11NO3/c1-8(9)4-2-3-5(11-4)6(8)12-7(3)10/h3-6H,2,9H2,1H3. The molecule has 0 aromatic rings. The average molecular weight is 169 g/mol. The first-order valence-electron chi connectivity index (χ1n) is 4.25. The van der Waals surface area contributed by atoms with E-state index >= 15 is 0 Å². The maximum absolute atomic E-state index is 11.2. The summed E-state index contributed by atoms with van der Waals surface area (Å²) >= 11 is 0. The third kappa shape index (κ3) is 0.528. The minimum Gasteiger partial charge on any atom is -0.457 e. The van der Waals surface area contributed by atoms with Gasteiger partial charge in [0.05, 0.1) is 17.6 Å². The molecule has 2 N–H and O–H groups in total. The van der Waals surface area contributed by atoms with E-state index in [1.807, 2.05) is 6.92 Å². The van der Waals surface area contributed by atoms with Crippen molar-refractivity contribution in [3.05, 3.63) is 0 Å². The van der Waals surface area contributed by atoms with Gasteiger partial charge in [0.2, 0.25) is 0 Å². The number of carbonyl (C=O) groups is 1. The second kappa shape index (κ2) is 1.67. The van der Waals surface area contributed by atoms with Crippen molar-refractivity contribution in [1.29, 1.82) is 0 Å². The van der Waals surface area contributed by atoms with Crippen molar-refractivity contribution in [3.63, 3.8) is 0 Å². The highest BCUT2D eigenvalue weighted by atomic mass is 16.6. The van der Waals surface area contributed by atoms with E-state index in [9.17, 15) is 4.79 Å². The van der Waals surface area contributed by atoms with Gasteiger partial charge in [0.1, 0.15) is 12.2 Å². The van der Waals surface area contributed by atoms with Crippen molar-refractivity contribution in [2.45, 2.75) is 37.2 Å². The van der Waals surface area contributed by atoms with Crippen LogP contribution >= 0.6 is 0 Å². The monoisotopic (exact) mass is 169 g/mol. The fraction of sp³-hybridized carbons (Fsp3) is 0.875. The lowest BCUT2D eigenvalue weighted by molar-refractivity contribution is -0.144. The molecule has 12 heavy (non-hydrogen) atoms. The zero-order valence-electron chi connectivity index (χ0n) is 6.82. The molecular weight excluding hydrogens is 158 g/mol. The van der Waals surface area contributed by atoms with Gasteiger partial charge in [-0.15, -0.1) is 0 Å². The Kier molecular flexibility index (Phi) is 0.957. The minimum atomic E-state index is -0.465. The van der Waals surface area contributed by atoms with Crippen LogP contribution in [-0.2, 0) is 14.3 Å². The number of hydrogen-bond acceptors (Lipinski definition) is 4. The number of carbonyl (C=O) groups excluding carboxylic acids is 1. The molecule has 0 aliphatic carbocycles. The molecular formula is C8H11NO3. The summed E-state index contributed by atoms with van der Waals surface area (Å²) in [4.78, 5) is 11.2. The van der Waals surface area contributed by atoms with Crippen LogP contribution < -0.4 is 5.73 Å². The molecule has 5 atom stereocenters. The molecule has 0 amide bonds. The maximum Gasteiger partial charge on any atom is 0.312 e. The summed E-state index contributed by atoms with van der Waals surface area (Å²) in [7, 11) is 0. The van der Waals surface area contributed by atoms with Crippen molar-refractivity contribution in [2.75, 3.05) is 0 Å². The molecule has 3 aliphatic rings. The molecule has 5 unspecified atom stereocenters. The third-order valence-electron chi connectivity index (χ3n) is 3.34. The number of nitrogens with two attached hydrogens (primary N) is 1. The molecule has 3 fully saturated rings. The Hall–Kier alpha value is -0.610. The highest BCUT2D eigenvalue weighted by Crippen LogP contribution is 2.50. The van der Waals surface area contributed by atoms with Crippen molar-refractivity contribution >= 4 is 5.97 Å². The Morgan fingerprint density at radius 1 is 1.67 bits per heavy atom. The van der Waals surface area contributed by atoms with Crippen LogP contribution in [0.15, 0.2) is 0 Å². The van der Waals surface area contributed by atoms with Crippen LogP contribution in [0.1, 0.15) is 13.3 Å². The number of rotatable bonds is 0. The van der Waals surface area contributed by atoms with E-state index in [1.165, 1.54) is 0 Å². The van der Waals surface area contributed by atoms with E-state index in [2.05, 4.69) is 0 Å². The number of esters is 1. The van der Waals surface area contributed by atoms with Gasteiger partial charge >= 0.3 is 5.97 Å². The van der Waals surface area contributed by atoms with E-state index in [0.717, 1.165) is 6.42 Å². The van der Waals surface area contributed by atoms with Gasteiger partial charge in [-0.1, -0.05) is 0 Å². The van der Waals surface area contributed by atoms with Crippen LogP contribution in [0.4, 0.5) is 0 Å². The maximum atomic E-state index is 11.2. The van der Waals surface area contributed by atoms with Crippen LogP contribution in [0.2, 0.25) is 0 Å². The molecule has 0 spiro atoms. The van der Waals surface area contributed by atoms with Gasteiger partial charge in [-0.25, -0.2) is 0 Å². The van der Waals surface area contributed by atoms with Crippen LogP contribution in [0.25, 0.3) is 0 Å². The fourth-order valence-corrected chi connectivity index (χ4v) is 2.56. The summed E-state index contributed by atoms with van der Waals surface area (Å²) < 4.78 is 10.7. The summed E-state index contributed by atoms with van der Waals surface area (Å²) in [6.45, 7) is 1.90. The number of ether oxygens (including phenoxy) is 2. The number of fused-ring (bicyclic) bond motifs is 1. The zero-order valence-corrected chi connectivity index (χ0v) is 6.82. The molecule has 4 nitrogen and oxygen atoms in total. The SMILES string of the molecule is CC1(N)C2CC3C(=O)OC1C3O2. The average Bonchev–Trinajstić information content (AvgIpc) is 2.53. The molecule has 0 aromatic carbocycles. The summed E-state index contributed by atoms with van der Waals surface area (Å²) in [5.74, 6) is -0.154. The topological polar surface area (TPSA) is 61.6 Å². The van der Waals surface area contributed by atoms with Crippen LogP contribution in [0.3, 0.4) is 0 Å². The van der Waals surface area contributed by atoms with E-state index in [1.54, 1.807) is 0 Å². The van der Waals surface area contributed by atoms with Crippen LogP contribution in [0, 0.1) is 5.92 Å². The summed E-state index contributed by atoms with van der Waals surface area (Å²) in [6, 6.07) is 0. The fourth-order valence-electron chi connectivity index (χ4n) is 2.56. The predicted molar refractivity (Wildman–Crippen MR) is 39.2 cm³/mol. The summed E-state index contributed by atoms with van der Waals surface area (Å²) in [5, 5.41) is 0. The third-order valence-corrected chi connectivity index (χ3v) is 3.34. The lowest BCUT2D eigenvalue weighted by Crippen LogP contribution is -2.55. The Labute approximate surface area is 70.0 Å². The van der Waals surface area contributed by atoms with Crippen molar-refractivity contribution in [2.24, 2.45) is 11.7 Å². The largest absolute Gasteiger partial charge is 0.457 e. The second-order valence-corrected chi connectivity index (χ2v) is 4.16. The van der Waals surface area contributed by atoms with Gasteiger partial charge in [0.15, 0.2) is 0 Å². The first-order valence-corrected chi connectivity index (χ1v) is 4.25. The quantitative estimate of drug-likeness (QED) is 0.493. The predicted octanol–water partition coefficient (Wildman–Crippen LogP) is -0.584. The summed E-state index contributed by atoms with van der Waals surface area (Å²) in [6.07, 6.45) is 0.502. The van der Waals surface area contributed by atoms with E-state index < -0.39 is 5.54 Å². The smallest absolute Gasteiger partial charge is 0.312 e. The van der Waals surface area contributed by atoms with Gasteiger partial charge < -0.3 is 15.2 Å². The Morgan fingerprint density at radius 2 is 2.42 bits per heavy atom. The van der Waals surface area contributed by atoms with Gasteiger partial charge in [-0.3, -0.25) is 4.79 Å². The van der Waals surface area contributed by atoms with Gasteiger partial charge in [0.25, 0.3) is 0 Å². The lowest BCUT2D eigenvalue weighted by atomic mass is 9.78.